The molecule has 3 heteroatoms. The van der Waals surface area contributed by atoms with Crippen LogP contribution in [-0.2, 0) is 0 Å². The van der Waals surface area contributed by atoms with Crippen molar-refractivity contribution < 1.29 is 0 Å². The van der Waals surface area contributed by atoms with Crippen molar-refractivity contribution in [1.82, 2.24) is 5.43 Å². The molecule has 10 heavy (non-hydrogen) atoms. The summed E-state index contributed by atoms with van der Waals surface area (Å²) in [6.45, 7) is 0. The summed E-state index contributed by atoms with van der Waals surface area (Å²) in [6, 6.07) is 0. The van der Waals surface area contributed by atoms with Crippen molar-refractivity contribution in [3.8, 4) is 0 Å². The first kappa shape index (κ1) is 7.54. The average Bonchev–Trinajstić information content (AvgIpc) is 2.74. The molecule has 0 amide bonds. The first-order chi connectivity index (χ1) is 4.86. The Bertz CT molecular complexity index is 127. The number of nitrogens with zero attached hydrogens (tertiary/aromatic N) is 1. The van der Waals surface area contributed by atoms with E-state index in [0.717, 1.165) is 18.2 Å². The highest BCUT2D eigenvalue weighted by atomic mass is 15.2. The summed E-state index contributed by atoms with van der Waals surface area (Å²) in [5, 5.41) is 0. The minimum atomic E-state index is 0.923. The van der Waals surface area contributed by atoms with E-state index in [1.165, 1.54) is 19.3 Å². The third-order valence-electron chi connectivity index (χ3n) is 1.92. The standard InChI is InChI=1S/C7H15N3/c1-9-7(10-8)5-4-6-2-3-6/h6H,2-5,8H2,1H3,(H,9,10). The van der Waals surface area contributed by atoms with Gasteiger partial charge in [0, 0.05) is 13.5 Å². The van der Waals surface area contributed by atoms with E-state index in [1.807, 2.05) is 0 Å². The molecule has 0 radical (unpaired) electrons. The number of hydrogen-bond donors (Lipinski definition) is 2. The minimum absolute atomic E-state index is 0.923. The maximum Gasteiger partial charge on any atom is 0.110 e. The number of amidine groups is 1. The molecule has 58 valence electrons. The highest BCUT2D eigenvalue weighted by Crippen LogP contribution is 2.33. The zero-order valence-electron chi connectivity index (χ0n) is 6.43. The summed E-state index contributed by atoms with van der Waals surface area (Å²) in [5.74, 6) is 7.10. The third kappa shape index (κ3) is 2.35. The van der Waals surface area contributed by atoms with Crippen molar-refractivity contribution in [2.45, 2.75) is 25.7 Å². The molecule has 0 aromatic rings. The zero-order valence-corrected chi connectivity index (χ0v) is 6.43. The van der Waals surface area contributed by atoms with Crippen molar-refractivity contribution in [2.24, 2.45) is 16.8 Å². The molecule has 0 spiro atoms. The zero-order chi connectivity index (χ0) is 7.40. The van der Waals surface area contributed by atoms with Gasteiger partial charge in [0.05, 0.1) is 0 Å². The Balaban J connectivity index is 2.08. The lowest BCUT2D eigenvalue weighted by atomic mass is 10.2. The molecule has 0 atom stereocenters. The Labute approximate surface area is 61.7 Å². The van der Waals surface area contributed by atoms with Gasteiger partial charge < -0.3 is 5.43 Å². The average molecular weight is 141 g/mol. The van der Waals surface area contributed by atoms with Gasteiger partial charge in [-0.05, 0) is 12.3 Å². The van der Waals surface area contributed by atoms with E-state index in [2.05, 4.69) is 10.4 Å². The van der Waals surface area contributed by atoms with Gasteiger partial charge in [-0.15, -0.1) is 0 Å². The van der Waals surface area contributed by atoms with Crippen LogP contribution in [0, 0.1) is 5.92 Å². The van der Waals surface area contributed by atoms with Gasteiger partial charge in [0.1, 0.15) is 5.84 Å². The Kier molecular flexibility index (Phi) is 2.68. The number of rotatable bonds is 3. The molecule has 0 bridgehead atoms. The largest absolute Gasteiger partial charge is 0.312 e. The molecule has 1 aliphatic carbocycles. The summed E-state index contributed by atoms with van der Waals surface area (Å²) < 4.78 is 0. The van der Waals surface area contributed by atoms with Crippen molar-refractivity contribution in [3.63, 3.8) is 0 Å². The molecule has 1 aliphatic rings. The van der Waals surface area contributed by atoms with Crippen LogP contribution in [0.25, 0.3) is 0 Å². The van der Waals surface area contributed by atoms with Crippen molar-refractivity contribution in [3.05, 3.63) is 0 Å². The lowest BCUT2D eigenvalue weighted by Crippen LogP contribution is -2.30. The second kappa shape index (κ2) is 3.56. The van der Waals surface area contributed by atoms with Gasteiger partial charge in [0.25, 0.3) is 0 Å². The van der Waals surface area contributed by atoms with E-state index >= 15 is 0 Å². The quantitative estimate of drug-likeness (QED) is 0.263. The Morgan fingerprint density at radius 1 is 1.70 bits per heavy atom. The van der Waals surface area contributed by atoms with Gasteiger partial charge in [0.15, 0.2) is 0 Å². The van der Waals surface area contributed by atoms with Gasteiger partial charge in [-0.25, -0.2) is 5.84 Å². The second-order valence-corrected chi connectivity index (χ2v) is 2.80. The molecule has 0 aromatic carbocycles. The lowest BCUT2D eigenvalue weighted by molar-refractivity contribution is 0.742. The first-order valence-electron chi connectivity index (χ1n) is 3.79. The Hall–Kier alpha value is -0.570. The van der Waals surface area contributed by atoms with Crippen molar-refractivity contribution in [1.29, 1.82) is 0 Å². The number of nitrogens with one attached hydrogen (secondary N) is 1. The fourth-order valence-corrected chi connectivity index (χ4v) is 0.996. The molecule has 0 saturated heterocycles. The summed E-state index contributed by atoms with van der Waals surface area (Å²) in [7, 11) is 1.77. The predicted molar refractivity (Wildman–Crippen MR) is 42.6 cm³/mol. The minimum Gasteiger partial charge on any atom is -0.312 e. The number of aliphatic imine (C=N–C) groups is 1. The van der Waals surface area contributed by atoms with Crippen LogP contribution in [0.15, 0.2) is 4.99 Å². The van der Waals surface area contributed by atoms with E-state index in [-0.39, 0.29) is 0 Å². The normalized spacial score (nSPS) is 19.2. The number of hydrogen-bond acceptors (Lipinski definition) is 2. The van der Waals surface area contributed by atoms with Crippen LogP contribution < -0.4 is 11.3 Å². The molecule has 0 heterocycles. The molecule has 3 N–H and O–H groups in total. The van der Waals surface area contributed by atoms with E-state index in [4.69, 9.17) is 5.84 Å². The topological polar surface area (TPSA) is 50.4 Å². The van der Waals surface area contributed by atoms with Crippen LogP contribution >= 0.6 is 0 Å². The molecular formula is C7H15N3. The fraction of sp³-hybridized carbons (Fsp3) is 0.857. The molecule has 0 aliphatic heterocycles. The number of hydrazine groups is 1. The summed E-state index contributed by atoms with van der Waals surface area (Å²) in [5.41, 5.74) is 2.58. The maximum atomic E-state index is 5.21. The molecule has 1 fully saturated rings. The monoisotopic (exact) mass is 141 g/mol. The van der Waals surface area contributed by atoms with Crippen LogP contribution in [0.2, 0.25) is 0 Å². The summed E-state index contributed by atoms with van der Waals surface area (Å²) in [4.78, 5) is 3.99. The molecule has 1 saturated carbocycles. The molecule has 0 aromatic heterocycles. The van der Waals surface area contributed by atoms with E-state index in [0.29, 0.717) is 0 Å². The number of nitrogens with two attached hydrogens (primary N) is 1. The van der Waals surface area contributed by atoms with Crippen molar-refractivity contribution in [2.75, 3.05) is 7.05 Å². The molecule has 3 nitrogen and oxygen atoms in total. The van der Waals surface area contributed by atoms with E-state index in [9.17, 15) is 0 Å². The highest BCUT2D eigenvalue weighted by molar-refractivity contribution is 5.81. The van der Waals surface area contributed by atoms with E-state index in [1.54, 1.807) is 7.05 Å². The SMILES string of the molecule is CN=C(CCC1CC1)NN. The van der Waals surface area contributed by atoms with Gasteiger partial charge in [-0.2, -0.15) is 0 Å². The second-order valence-electron chi connectivity index (χ2n) is 2.80. The highest BCUT2D eigenvalue weighted by Gasteiger charge is 2.20. The molecule has 1 rings (SSSR count). The summed E-state index contributed by atoms with van der Waals surface area (Å²) in [6.07, 6.45) is 5.07. The molecule has 0 unspecified atom stereocenters. The van der Waals surface area contributed by atoms with Crippen LogP contribution in [-0.4, -0.2) is 12.9 Å². The predicted octanol–water partition coefficient (Wildman–Crippen LogP) is 0.668. The maximum absolute atomic E-state index is 5.21. The van der Waals surface area contributed by atoms with Gasteiger partial charge in [-0.1, -0.05) is 12.8 Å². The van der Waals surface area contributed by atoms with E-state index < -0.39 is 0 Å². The lowest BCUT2D eigenvalue weighted by Gasteiger charge is -2.01. The fourth-order valence-electron chi connectivity index (χ4n) is 0.996. The van der Waals surface area contributed by atoms with Gasteiger partial charge in [0.2, 0.25) is 0 Å². The van der Waals surface area contributed by atoms with Crippen LogP contribution in [0.1, 0.15) is 25.7 Å². The smallest absolute Gasteiger partial charge is 0.110 e. The third-order valence-corrected chi connectivity index (χ3v) is 1.92. The first-order valence-corrected chi connectivity index (χ1v) is 3.79. The Morgan fingerprint density at radius 2 is 2.40 bits per heavy atom. The van der Waals surface area contributed by atoms with Gasteiger partial charge >= 0.3 is 0 Å². The summed E-state index contributed by atoms with van der Waals surface area (Å²) >= 11 is 0. The Morgan fingerprint density at radius 3 is 2.80 bits per heavy atom. The van der Waals surface area contributed by atoms with Gasteiger partial charge in [-0.3, -0.25) is 4.99 Å². The van der Waals surface area contributed by atoms with Crippen LogP contribution in [0.3, 0.4) is 0 Å². The van der Waals surface area contributed by atoms with Crippen LogP contribution in [0.5, 0.6) is 0 Å². The van der Waals surface area contributed by atoms with Crippen molar-refractivity contribution >= 4 is 5.84 Å². The molecular weight excluding hydrogens is 126 g/mol. The van der Waals surface area contributed by atoms with Crippen LogP contribution in [0.4, 0.5) is 0 Å².